The lowest BCUT2D eigenvalue weighted by Gasteiger charge is -2.36. The van der Waals surface area contributed by atoms with Gasteiger partial charge in [0.15, 0.2) is 17.0 Å². The van der Waals surface area contributed by atoms with Crippen molar-refractivity contribution in [2.75, 3.05) is 36.0 Å². The van der Waals surface area contributed by atoms with Crippen molar-refractivity contribution in [2.45, 2.75) is 44.9 Å². The molecule has 0 saturated carbocycles. The molecule has 0 unspecified atom stereocenters. The number of carbonyl (C=O) groups excluding carboxylic acids is 2. The van der Waals surface area contributed by atoms with Gasteiger partial charge >= 0.3 is 6.03 Å². The third-order valence-corrected chi connectivity index (χ3v) is 7.13. The van der Waals surface area contributed by atoms with E-state index >= 15 is 0 Å². The Balaban J connectivity index is 1.25. The fourth-order valence-corrected chi connectivity index (χ4v) is 5.37. The van der Waals surface area contributed by atoms with E-state index in [-0.39, 0.29) is 30.3 Å². The normalized spacial score (nSPS) is 20.6. The van der Waals surface area contributed by atoms with Gasteiger partial charge in [0.2, 0.25) is 5.82 Å². The number of hydrogen-bond donors (Lipinski definition) is 0. The highest BCUT2D eigenvalue weighted by atomic mass is 19.1. The Morgan fingerprint density at radius 2 is 1.91 bits per heavy atom. The van der Waals surface area contributed by atoms with E-state index in [9.17, 15) is 14.0 Å². The lowest BCUT2D eigenvalue weighted by atomic mass is 10.0. The molecule has 2 aromatic heterocycles. The SMILES string of the molecule is CCn1c(C(=O)N2CC[C@@H](F)C2)nc2c(N3CCC(N4C(=O)[N]c5ccccc54)CC3)ncnc21. The number of halogens is 1. The van der Waals surface area contributed by atoms with Gasteiger partial charge in [-0.25, -0.2) is 24.1 Å². The highest BCUT2D eigenvalue weighted by Crippen LogP contribution is 2.37. The first-order valence-electron chi connectivity index (χ1n) is 12.1. The quantitative estimate of drug-likeness (QED) is 0.573. The summed E-state index contributed by atoms with van der Waals surface area (Å²) in [5, 5.41) is 4.18. The first-order chi connectivity index (χ1) is 17.0. The largest absolute Gasteiger partial charge is 0.355 e. The van der Waals surface area contributed by atoms with Crippen molar-refractivity contribution in [1.29, 1.82) is 0 Å². The van der Waals surface area contributed by atoms with Crippen LogP contribution >= 0.6 is 0 Å². The minimum Gasteiger partial charge on any atom is -0.355 e. The van der Waals surface area contributed by atoms with Crippen molar-refractivity contribution in [3.8, 4) is 0 Å². The molecule has 5 heterocycles. The lowest BCUT2D eigenvalue weighted by molar-refractivity contribution is 0.0766. The molecule has 0 bridgehead atoms. The Morgan fingerprint density at radius 1 is 1.11 bits per heavy atom. The molecule has 0 spiro atoms. The van der Waals surface area contributed by atoms with Gasteiger partial charge in [-0.05, 0) is 38.3 Å². The zero-order chi connectivity index (χ0) is 24.1. The lowest BCUT2D eigenvalue weighted by Crippen LogP contribution is -2.47. The number of nitrogens with zero attached hydrogens (tertiary/aromatic N) is 8. The van der Waals surface area contributed by atoms with Crippen LogP contribution in [0.25, 0.3) is 11.2 Å². The first-order valence-corrected chi connectivity index (χ1v) is 12.1. The minimum absolute atomic E-state index is 0.0534. The number of anilines is 2. The molecule has 1 radical (unpaired) electrons. The van der Waals surface area contributed by atoms with E-state index in [1.54, 1.807) is 9.47 Å². The molecule has 1 atom stereocenters. The second kappa shape index (κ2) is 8.47. The Bertz CT molecular complexity index is 1300. The van der Waals surface area contributed by atoms with E-state index in [2.05, 4.69) is 25.2 Å². The van der Waals surface area contributed by atoms with Crippen molar-refractivity contribution in [2.24, 2.45) is 0 Å². The Morgan fingerprint density at radius 3 is 2.66 bits per heavy atom. The fraction of sp³-hybridized carbons (Fsp3) is 0.458. The van der Waals surface area contributed by atoms with Gasteiger partial charge in [0.25, 0.3) is 5.91 Å². The smallest absolute Gasteiger partial charge is 0.348 e. The molecule has 3 aliphatic heterocycles. The highest BCUT2D eigenvalue weighted by Gasteiger charge is 2.37. The van der Waals surface area contributed by atoms with Crippen molar-refractivity contribution in [3.63, 3.8) is 0 Å². The van der Waals surface area contributed by atoms with Crippen LogP contribution in [-0.2, 0) is 6.54 Å². The maximum atomic E-state index is 13.7. The van der Waals surface area contributed by atoms with Gasteiger partial charge in [-0.15, -0.1) is 0 Å². The van der Waals surface area contributed by atoms with Crippen LogP contribution in [0.15, 0.2) is 30.6 Å². The standard InChI is InChI=1S/C24H26FN8O2/c1-2-32-21-19(29-22(32)23(34)31-10-7-15(25)13-31)20(26-14-27-21)30-11-8-16(9-12-30)33-18-6-4-3-5-17(18)28-24(33)35/h3-6,14-16H,2,7-13H2,1H3/t15-/m1/s1. The molecule has 2 saturated heterocycles. The number of likely N-dealkylation sites (tertiary alicyclic amines) is 1. The summed E-state index contributed by atoms with van der Waals surface area (Å²) in [7, 11) is 0. The predicted octanol–water partition coefficient (Wildman–Crippen LogP) is 2.88. The molecule has 35 heavy (non-hydrogen) atoms. The van der Waals surface area contributed by atoms with Gasteiger partial charge in [0.1, 0.15) is 12.5 Å². The number of piperidine rings is 1. The number of hydrogen-bond acceptors (Lipinski definition) is 6. The van der Waals surface area contributed by atoms with E-state index < -0.39 is 6.17 Å². The average molecular weight is 478 g/mol. The Labute approximate surface area is 201 Å². The number of para-hydroxylation sites is 2. The molecule has 181 valence electrons. The van der Waals surface area contributed by atoms with Crippen LogP contribution < -0.4 is 15.1 Å². The van der Waals surface area contributed by atoms with Gasteiger partial charge in [-0.2, -0.15) is 5.32 Å². The number of alkyl halides is 1. The molecule has 6 rings (SSSR count). The number of imidazole rings is 1. The first kappa shape index (κ1) is 21.8. The minimum atomic E-state index is -0.989. The zero-order valence-electron chi connectivity index (χ0n) is 19.5. The molecule has 3 aromatic rings. The van der Waals surface area contributed by atoms with E-state index in [4.69, 9.17) is 0 Å². The Kier molecular flexibility index (Phi) is 5.27. The maximum Gasteiger partial charge on any atom is 0.348 e. The summed E-state index contributed by atoms with van der Waals surface area (Å²) in [4.78, 5) is 44.8. The van der Waals surface area contributed by atoms with Gasteiger partial charge in [0.05, 0.1) is 17.9 Å². The average Bonchev–Trinajstić information content (AvgIpc) is 3.57. The van der Waals surface area contributed by atoms with E-state index in [1.807, 2.05) is 31.2 Å². The van der Waals surface area contributed by atoms with E-state index in [0.29, 0.717) is 49.6 Å². The number of aryl methyl sites for hydroxylation is 1. The summed E-state index contributed by atoms with van der Waals surface area (Å²) < 4.78 is 15.5. The molecule has 1 aromatic carbocycles. The second-order valence-corrected chi connectivity index (χ2v) is 9.16. The van der Waals surface area contributed by atoms with Crippen LogP contribution in [-0.4, -0.2) is 74.7 Å². The van der Waals surface area contributed by atoms with Crippen LogP contribution in [0.4, 0.5) is 26.4 Å². The summed E-state index contributed by atoms with van der Waals surface area (Å²) in [5.41, 5.74) is 2.76. The second-order valence-electron chi connectivity index (χ2n) is 9.16. The van der Waals surface area contributed by atoms with Crippen LogP contribution in [0.5, 0.6) is 0 Å². The van der Waals surface area contributed by atoms with Crippen molar-refractivity contribution in [3.05, 3.63) is 36.4 Å². The number of carbonyl (C=O) groups is 2. The van der Waals surface area contributed by atoms with Crippen molar-refractivity contribution in [1.82, 2.24) is 29.7 Å². The summed E-state index contributed by atoms with van der Waals surface area (Å²) in [6.45, 7) is 4.30. The van der Waals surface area contributed by atoms with Crippen LogP contribution in [0.1, 0.15) is 36.8 Å². The summed E-state index contributed by atoms with van der Waals surface area (Å²) in [6.07, 6.45) is 2.38. The third kappa shape index (κ3) is 3.57. The number of benzene rings is 1. The van der Waals surface area contributed by atoms with Gasteiger partial charge in [-0.3, -0.25) is 9.69 Å². The molecule has 0 aliphatic carbocycles. The van der Waals surface area contributed by atoms with E-state index in [1.165, 1.54) is 11.2 Å². The number of amides is 3. The number of aromatic nitrogens is 4. The molecule has 11 heteroatoms. The van der Waals surface area contributed by atoms with E-state index in [0.717, 1.165) is 24.2 Å². The summed E-state index contributed by atoms with van der Waals surface area (Å²) >= 11 is 0. The number of urea groups is 1. The predicted molar refractivity (Wildman–Crippen MR) is 128 cm³/mol. The van der Waals surface area contributed by atoms with Gasteiger partial charge < -0.3 is 14.4 Å². The van der Waals surface area contributed by atoms with Gasteiger partial charge in [-0.1, -0.05) is 12.1 Å². The molecule has 0 N–H and O–H groups in total. The molecular formula is C24H26FN8O2. The van der Waals surface area contributed by atoms with Crippen LogP contribution in [0, 0.1) is 0 Å². The molecule has 3 aliphatic rings. The number of rotatable bonds is 4. The zero-order valence-corrected chi connectivity index (χ0v) is 19.5. The summed E-state index contributed by atoms with van der Waals surface area (Å²) in [6, 6.07) is 7.44. The van der Waals surface area contributed by atoms with Crippen molar-refractivity contribution < 1.29 is 14.0 Å². The molecule has 3 amide bonds. The third-order valence-electron chi connectivity index (χ3n) is 7.13. The molecule has 2 fully saturated rings. The topological polar surface area (TPSA) is 102 Å². The maximum absolute atomic E-state index is 13.7. The summed E-state index contributed by atoms with van der Waals surface area (Å²) in [5.74, 6) is 0.677. The van der Waals surface area contributed by atoms with Crippen LogP contribution in [0.3, 0.4) is 0 Å². The highest BCUT2D eigenvalue weighted by molar-refractivity contribution is 6.04. The van der Waals surface area contributed by atoms with Gasteiger partial charge in [0, 0.05) is 32.2 Å². The molecular weight excluding hydrogens is 451 g/mol. The Hall–Kier alpha value is -3.76. The fourth-order valence-electron chi connectivity index (χ4n) is 5.37. The monoisotopic (exact) mass is 477 g/mol. The molecule has 10 nitrogen and oxygen atoms in total. The van der Waals surface area contributed by atoms with Crippen molar-refractivity contribution >= 4 is 40.3 Å². The number of fused-ring (bicyclic) bond motifs is 2. The van der Waals surface area contributed by atoms with Crippen LogP contribution in [0.2, 0.25) is 0 Å².